The van der Waals surface area contributed by atoms with Crippen molar-refractivity contribution in [2.75, 3.05) is 20.1 Å². The second kappa shape index (κ2) is 7.80. The number of unbranched alkanes of at least 4 members (excludes halogenated alkanes) is 1. The first kappa shape index (κ1) is 14.7. The van der Waals surface area contributed by atoms with Gasteiger partial charge >= 0.3 is 0 Å². The highest BCUT2D eigenvalue weighted by Gasteiger charge is 2.08. The zero-order chi connectivity index (χ0) is 14.2. The zero-order valence-corrected chi connectivity index (χ0v) is 12.4. The summed E-state index contributed by atoms with van der Waals surface area (Å²) >= 11 is 0. The first-order valence-electron chi connectivity index (χ1n) is 7.36. The summed E-state index contributed by atoms with van der Waals surface area (Å²) in [6.07, 6.45) is 4.40. The fourth-order valence-corrected chi connectivity index (χ4v) is 2.10. The minimum atomic E-state index is 0.680. The van der Waals surface area contributed by atoms with Crippen LogP contribution in [0.5, 0.6) is 0 Å². The highest BCUT2D eigenvalue weighted by Crippen LogP contribution is 2.15. The molecule has 0 fully saturated rings. The van der Waals surface area contributed by atoms with E-state index >= 15 is 0 Å². The lowest BCUT2D eigenvalue weighted by Gasteiger charge is -2.14. The van der Waals surface area contributed by atoms with Crippen molar-refractivity contribution in [1.82, 2.24) is 15.0 Å². The van der Waals surface area contributed by atoms with E-state index < -0.39 is 0 Å². The molecule has 0 spiro atoms. The van der Waals surface area contributed by atoms with E-state index in [1.54, 1.807) is 0 Å². The zero-order valence-electron chi connectivity index (χ0n) is 12.4. The summed E-state index contributed by atoms with van der Waals surface area (Å²) < 4.78 is 5.30. The summed E-state index contributed by atoms with van der Waals surface area (Å²) in [4.78, 5) is 6.80. The van der Waals surface area contributed by atoms with Crippen LogP contribution in [0.2, 0.25) is 0 Å². The van der Waals surface area contributed by atoms with Gasteiger partial charge in [-0.05, 0) is 33.0 Å². The Hall–Kier alpha value is -1.68. The lowest BCUT2D eigenvalue weighted by atomic mass is 10.2. The molecule has 4 nitrogen and oxygen atoms in total. The second-order valence-corrected chi connectivity index (χ2v) is 5.14. The molecular formula is C16H23N3O. The normalized spacial score (nSPS) is 11.2. The van der Waals surface area contributed by atoms with Gasteiger partial charge in [-0.3, -0.25) is 0 Å². The number of benzene rings is 1. The van der Waals surface area contributed by atoms with E-state index in [4.69, 9.17) is 4.52 Å². The molecule has 1 aromatic heterocycles. The first-order valence-corrected chi connectivity index (χ1v) is 7.36. The van der Waals surface area contributed by atoms with Crippen molar-refractivity contribution in [2.45, 2.75) is 32.6 Å². The summed E-state index contributed by atoms with van der Waals surface area (Å²) in [5.74, 6) is 1.41. The van der Waals surface area contributed by atoms with Crippen molar-refractivity contribution >= 4 is 0 Å². The summed E-state index contributed by atoms with van der Waals surface area (Å²) in [5, 5.41) is 4.03. The van der Waals surface area contributed by atoms with Crippen LogP contribution >= 0.6 is 0 Å². The highest BCUT2D eigenvalue weighted by molar-refractivity contribution is 5.53. The van der Waals surface area contributed by atoms with Crippen LogP contribution in [-0.4, -0.2) is 35.2 Å². The smallest absolute Gasteiger partial charge is 0.227 e. The predicted octanol–water partition coefficient (Wildman–Crippen LogP) is 3.40. The molecule has 20 heavy (non-hydrogen) atoms. The van der Waals surface area contributed by atoms with Crippen molar-refractivity contribution in [3.63, 3.8) is 0 Å². The minimum absolute atomic E-state index is 0.680. The topological polar surface area (TPSA) is 42.2 Å². The molecule has 0 saturated heterocycles. The van der Waals surface area contributed by atoms with E-state index in [2.05, 4.69) is 29.0 Å². The number of hydrogen-bond donors (Lipinski definition) is 0. The van der Waals surface area contributed by atoms with E-state index in [1.807, 2.05) is 30.3 Å². The Bertz CT molecular complexity index is 495. The number of aromatic nitrogens is 2. The molecule has 0 aliphatic carbocycles. The van der Waals surface area contributed by atoms with Gasteiger partial charge in [-0.25, -0.2) is 0 Å². The van der Waals surface area contributed by atoms with Crippen LogP contribution in [0.3, 0.4) is 0 Å². The van der Waals surface area contributed by atoms with Crippen molar-refractivity contribution in [3.05, 3.63) is 36.2 Å². The third kappa shape index (κ3) is 4.46. The van der Waals surface area contributed by atoms with Gasteiger partial charge in [0.05, 0.1) is 0 Å². The second-order valence-electron chi connectivity index (χ2n) is 5.14. The fourth-order valence-electron chi connectivity index (χ4n) is 2.10. The van der Waals surface area contributed by atoms with Gasteiger partial charge in [0.1, 0.15) is 0 Å². The number of nitrogens with zero attached hydrogens (tertiary/aromatic N) is 3. The Morgan fingerprint density at radius 3 is 2.60 bits per heavy atom. The summed E-state index contributed by atoms with van der Waals surface area (Å²) in [5.41, 5.74) is 1.00. The van der Waals surface area contributed by atoms with Crippen molar-refractivity contribution in [2.24, 2.45) is 0 Å². The third-order valence-corrected chi connectivity index (χ3v) is 3.32. The maximum atomic E-state index is 5.30. The van der Waals surface area contributed by atoms with Gasteiger partial charge in [-0.1, -0.05) is 48.8 Å². The van der Waals surface area contributed by atoms with Crippen LogP contribution in [0.1, 0.15) is 32.1 Å². The average molecular weight is 273 g/mol. The Balaban J connectivity index is 1.79. The van der Waals surface area contributed by atoms with E-state index in [-0.39, 0.29) is 0 Å². The number of aryl methyl sites for hydroxylation is 1. The van der Waals surface area contributed by atoms with Crippen molar-refractivity contribution < 1.29 is 4.52 Å². The molecule has 4 heteroatoms. The monoisotopic (exact) mass is 273 g/mol. The van der Waals surface area contributed by atoms with Gasteiger partial charge in [0, 0.05) is 12.0 Å². The van der Waals surface area contributed by atoms with E-state index in [9.17, 15) is 0 Å². The molecule has 0 bridgehead atoms. The maximum Gasteiger partial charge on any atom is 0.227 e. The third-order valence-electron chi connectivity index (χ3n) is 3.32. The molecule has 0 saturated carbocycles. The van der Waals surface area contributed by atoms with Crippen LogP contribution in [0.25, 0.3) is 11.4 Å². The van der Waals surface area contributed by atoms with Gasteiger partial charge in [0.25, 0.3) is 0 Å². The number of hydrogen-bond acceptors (Lipinski definition) is 4. The molecule has 0 radical (unpaired) electrons. The number of rotatable bonds is 8. The van der Waals surface area contributed by atoms with Crippen LogP contribution in [0.15, 0.2) is 34.9 Å². The molecule has 0 N–H and O–H groups in total. The molecule has 0 aliphatic rings. The maximum absolute atomic E-state index is 5.30. The molecular weight excluding hydrogens is 250 g/mol. The summed E-state index contributed by atoms with van der Waals surface area (Å²) in [6.45, 7) is 4.45. The molecule has 2 aromatic rings. The van der Waals surface area contributed by atoms with Crippen LogP contribution in [0, 0.1) is 0 Å². The Labute approximate surface area is 120 Å². The molecule has 0 aliphatic heterocycles. The van der Waals surface area contributed by atoms with E-state index in [0.717, 1.165) is 37.4 Å². The van der Waals surface area contributed by atoms with E-state index in [0.29, 0.717) is 5.82 Å². The van der Waals surface area contributed by atoms with Crippen LogP contribution < -0.4 is 0 Å². The Morgan fingerprint density at radius 1 is 1.10 bits per heavy atom. The Morgan fingerprint density at radius 2 is 1.85 bits per heavy atom. The van der Waals surface area contributed by atoms with Gasteiger partial charge < -0.3 is 9.42 Å². The molecule has 1 aromatic carbocycles. The molecule has 1 heterocycles. The van der Waals surface area contributed by atoms with Crippen LogP contribution in [0.4, 0.5) is 0 Å². The van der Waals surface area contributed by atoms with E-state index in [1.165, 1.54) is 12.8 Å². The lowest BCUT2D eigenvalue weighted by molar-refractivity contribution is 0.311. The summed E-state index contributed by atoms with van der Waals surface area (Å²) in [7, 11) is 2.17. The van der Waals surface area contributed by atoms with Gasteiger partial charge in [-0.2, -0.15) is 4.98 Å². The molecule has 0 unspecified atom stereocenters. The first-order chi connectivity index (χ1) is 9.79. The molecule has 108 valence electrons. The highest BCUT2D eigenvalue weighted by atomic mass is 16.5. The average Bonchev–Trinajstić information content (AvgIpc) is 2.95. The van der Waals surface area contributed by atoms with Gasteiger partial charge in [0.2, 0.25) is 11.7 Å². The fraction of sp³-hybridized carbons (Fsp3) is 0.500. The predicted molar refractivity (Wildman–Crippen MR) is 80.5 cm³/mol. The van der Waals surface area contributed by atoms with Gasteiger partial charge in [-0.15, -0.1) is 0 Å². The molecule has 0 amide bonds. The largest absolute Gasteiger partial charge is 0.339 e. The minimum Gasteiger partial charge on any atom is -0.339 e. The van der Waals surface area contributed by atoms with Crippen molar-refractivity contribution in [1.29, 1.82) is 0 Å². The quantitative estimate of drug-likeness (QED) is 0.739. The lowest BCUT2D eigenvalue weighted by Crippen LogP contribution is -2.21. The molecule has 0 atom stereocenters. The Kier molecular flexibility index (Phi) is 5.74. The standard InChI is InChI=1S/C16H23N3O/c1-3-4-12-19(2)13-8-11-15-17-16(18-20-15)14-9-6-5-7-10-14/h5-7,9-10H,3-4,8,11-13H2,1-2H3. The molecule has 2 rings (SSSR count). The van der Waals surface area contributed by atoms with Gasteiger partial charge in [0.15, 0.2) is 0 Å². The van der Waals surface area contributed by atoms with Crippen LogP contribution in [-0.2, 0) is 6.42 Å². The SMILES string of the molecule is CCCCN(C)CCCc1nc(-c2ccccc2)no1. The summed E-state index contributed by atoms with van der Waals surface area (Å²) in [6, 6.07) is 9.93. The van der Waals surface area contributed by atoms with Crippen molar-refractivity contribution in [3.8, 4) is 11.4 Å².